The average molecular weight is 391 g/mol. The molecule has 0 amide bonds. The molecule has 1 aromatic heterocycles. The molecule has 1 saturated heterocycles. The van der Waals surface area contributed by atoms with Gasteiger partial charge >= 0.3 is 0 Å². The lowest BCUT2D eigenvalue weighted by Crippen LogP contribution is -2.52. The van der Waals surface area contributed by atoms with Crippen molar-refractivity contribution in [2.45, 2.75) is 46.7 Å². The Kier molecular flexibility index (Phi) is 4.87. The van der Waals surface area contributed by atoms with Crippen molar-refractivity contribution >= 4 is 15.9 Å². The van der Waals surface area contributed by atoms with Crippen LogP contribution >= 0.6 is 15.9 Å². The summed E-state index contributed by atoms with van der Waals surface area (Å²) in [4.78, 5) is 2.52. The minimum Gasteiger partial charge on any atom is -0.327 e. The van der Waals surface area contributed by atoms with Crippen molar-refractivity contribution in [3.05, 3.63) is 45.7 Å². The van der Waals surface area contributed by atoms with Crippen LogP contribution in [0.1, 0.15) is 37.2 Å². The third-order valence-corrected chi connectivity index (χ3v) is 5.81. The first-order chi connectivity index (χ1) is 11.3. The van der Waals surface area contributed by atoms with E-state index in [4.69, 9.17) is 10.8 Å². The number of hydrogen-bond donors (Lipinski definition) is 1. The molecule has 3 rings (SSSR count). The highest BCUT2D eigenvalue weighted by atomic mass is 79.9. The van der Waals surface area contributed by atoms with Gasteiger partial charge in [-0.2, -0.15) is 5.10 Å². The molecule has 0 spiro atoms. The number of nitrogens with two attached hydrogens (primary N) is 1. The number of aryl methyl sites for hydroxylation is 1. The zero-order valence-corrected chi connectivity index (χ0v) is 16.6. The number of benzene rings is 1. The Bertz CT molecular complexity index is 718. The maximum absolute atomic E-state index is 6.27. The quantitative estimate of drug-likeness (QED) is 0.866. The Labute approximate surface area is 153 Å². The second kappa shape index (κ2) is 6.62. The van der Waals surface area contributed by atoms with Crippen LogP contribution in [0.4, 0.5) is 0 Å². The summed E-state index contributed by atoms with van der Waals surface area (Å²) in [5, 5.41) is 4.78. The molecule has 1 fully saturated rings. The zero-order chi connectivity index (χ0) is 17.5. The van der Waals surface area contributed by atoms with Crippen LogP contribution in [0.25, 0.3) is 5.69 Å². The molecule has 1 aliphatic heterocycles. The number of rotatable bonds is 3. The van der Waals surface area contributed by atoms with Gasteiger partial charge < -0.3 is 5.73 Å². The van der Waals surface area contributed by atoms with E-state index in [9.17, 15) is 0 Å². The lowest BCUT2D eigenvalue weighted by atomic mass is 9.79. The van der Waals surface area contributed by atoms with E-state index < -0.39 is 0 Å². The number of aromatic nitrogens is 2. The Morgan fingerprint density at radius 1 is 1.25 bits per heavy atom. The molecule has 0 aliphatic carbocycles. The molecular formula is C19H27BrN4. The van der Waals surface area contributed by atoms with Crippen molar-refractivity contribution in [3.63, 3.8) is 0 Å². The number of piperidine rings is 1. The smallest absolute Gasteiger partial charge is 0.0649 e. The van der Waals surface area contributed by atoms with Gasteiger partial charge in [-0.05, 0) is 49.9 Å². The van der Waals surface area contributed by atoms with Crippen molar-refractivity contribution in [2.75, 3.05) is 13.1 Å². The highest BCUT2D eigenvalue weighted by molar-refractivity contribution is 9.10. The first-order valence-electron chi connectivity index (χ1n) is 8.57. The third kappa shape index (κ3) is 3.44. The fourth-order valence-corrected chi connectivity index (χ4v) is 3.85. The third-order valence-electron chi connectivity index (χ3n) is 5.29. The summed E-state index contributed by atoms with van der Waals surface area (Å²) in [5.74, 6) is 0. The molecule has 4 nitrogen and oxygen atoms in total. The molecule has 0 radical (unpaired) electrons. The summed E-state index contributed by atoms with van der Waals surface area (Å²) < 4.78 is 3.14. The van der Waals surface area contributed by atoms with Gasteiger partial charge in [-0.15, -0.1) is 0 Å². The van der Waals surface area contributed by atoms with Crippen LogP contribution in [0.15, 0.2) is 28.7 Å². The fourth-order valence-electron chi connectivity index (χ4n) is 3.58. The number of likely N-dealkylation sites (tertiary alicyclic amines) is 1. The summed E-state index contributed by atoms with van der Waals surface area (Å²) in [7, 11) is 0. The zero-order valence-electron chi connectivity index (χ0n) is 15.0. The van der Waals surface area contributed by atoms with Crippen molar-refractivity contribution in [1.29, 1.82) is 0 Å². The van der Waals surface area contributed by atoms with Crippen LogP contribution in [0.2, 0.25) is 0 Å². The van der Waals surface area contributed by atoms with Crippen LogP contribution < -0.4 is 5.73 Å². The SMILES string of the molecule is Cc1nn(-c2ccc(Br)cc2)c(C)c1CN1CCC(N)C(C)(C)C1. The average Bonchev–Trinajstić information content (AvgIpc) is 2.79. The maximum Gasteiger partial charge on any atom is 0.0649 e. The van der Waals surface area contributed by atoms with Crippen molar-refractivity contribution in [1.82, 2.24) is 14.7 Å². The lowest BCUT2D eigenvalue weighted by Gasteiger charge is -2.42. The molecule has 2 heterocycles. The minimum atomic E-state index is 0.168. The summed E-state index contributed by atoms with van der Waals surface area (Å²) in [6, 6.07) is 8.59. The van der Waals surface area contributed by atoms with Gasteiger partial charge in [0, 0.05) is 41.4 Å². The molecular weight excluding hydrogens is 364 g/mol. The van der Waals surface area contributed by atoms with E-state index >= 15 is 0 Å². The van der Waals surface area contributed by atoms with Crippen LogP contribution in [0.5, 0.6) is 0 Å². The van der Waals surface area contributed by atoms with Crippen LogP contribution in [-0.4, -0.2) is 33.8 Å². The summed E-state index contributed by atoms with van der Waals surface area (Å²) >= 11 is 3.49. The Hall–Kier alpha value is -1.17. The first kappa shape index (κ1) is 17.6. The van der Waals surface area contributed by atoms with Crippen LogP contribution in [0, 0.1) is 19.3 Å². The number of halogens is 1. The monoisotopic (exact) mass is 390 g/mol. The van der Waals surface area contributed by atoms with Crippen LogP contribution in [0.3, 0.4) is 0 Å². The molecule has 1 unspecified atom stereocenters. The highest BCUT2D eigenvalue weighted by Gasteiger charge is 2.33. The lowest BCUT2D eigenvalue weighted by molar-refractivity contribution is 0.0896. The summed E-state index contributed by atoms with van der Waals surface area (Å²) in [6.45, 7) is 11.9. The van der Waals surface area contributed by atoms with Gasteiger partial charge in [0.1, 0.15) is 0 Å². The molecule has 2 aromatic rings. The fraction of sp³-hybridized carbons (Fsp3) is 0.526. The van der Waals surface area contributed by atoms with Gasteiger partial charge in [0.05, 0.1) is 11.4 Å². The van der Waals surface area contributed by atoms with Gasteiger partial charge in [0.25, 0.3) is 0 Å². The van der Waals surface area contributed by atoms with Gasteiger partial charge in [-0.3, -0.25) is 4.90 Å². The molecule has 0 bridgehead atoms. The van der Waals surface area contributed by atoms with E-state index in [2.05, 4.69) is 77.5 Å². The van der Waals surface area contributed by atoms with Crippen molar-refractivity contribution < 1.29 is 0 Å². The van der Waals surface area contributed by atoms with E-state index in [1.807, 2.05) is 0 Å². The van der Waals surface area contributed by atoms with E-state index in [0.717, 1.165) is 41.9 Å². The predicted octanol–water partition coefficient (Wildman–Crippen LogP) is 3.81. The Morgan fingerprint density at radius 2 is 1.92 bits per heavy atom. The van der Waals surface area contributed by atoms with Crippen molar-refractivity contribution in [3.8, 4) is 5.69 Å². The van der Waals surface area contributed by atoms with Crippen molar-refractivity contribution in [2.24, 2.45) is 11.1 Å². The van der Waals surface area contributed by atoms with E-state index in [1.54, 1.807) is 0 Å². The van der Waals surface area contributed by atoms with Gasteiger partial charge in [-0.25, -0.2) is 4.68 Å². The molecule has 5 heteroatoms. The molecule has 1 aliphatic rings. The topological polar surface area (TPSA) is 47.1 Å². The molecule has 1 aromatic carbocycles. The Balaban J connectivity index is 1.83. The second-order valence-electron chi connectivity index (χ2n) is 7.63. The standard InChI is InChI=1S/C19H27BrN4/c1-13-17(11-23-10-9-18(21)19(3,4)12-23)14(2)24(22-13)16-7-5-15(20)6-8-16/h5-8,18H,9-12,21H2,1-4H3. The van der Waals surface area contributed by atoms with E-state index in [1.165, 1.54) is 11.3 Å². The molecule has 130 valence electrons. The van der Waals surface area contributed by atoms with E-state index in [0.29, 0.717) is 6.04 Å². The summed E-state index contributed by atoms with van der Waals surface area (Å²) in [6.07, 6.45) is 1.06. The van der Waals surface area contributed by atoms with Gasteiger partial charge in [0.15, 0.2) is 0 Å². The predicted molar refractivity (Wildman–Crippen MR) is 102 cm³/mol. The Morgan fingerprint density at radius 3 is 2.54 bits per heavy atom. The molecule has 0 saturated carbocycles. The van der Waals surface area contributed by atoms with E-state index in [-0.39, 0.29) is 5.41 Å². The van der Waals surface area contributed by atoms with Gasteiger partial charge in [-0.1, -0.05) is 29.8 Å². The largest absolute Gasteiger partial charge is 0.327 e. The molecule has 2 N–H and O–H groups in total. The number of hydrogen-bond acceptors (Lipinski definition) is 3. The maximum atomic E-state index is 6.27. The first-order valence-corrected chi connectivity index (χ1v) is 9.36. The molecule has 1 atom stereocenters. The van der Waals surface area contributed by atoms with Crippen LogP contribution in [-0.2, 0) is 6.54 Å². The second-order valence-corrected chi connectivity index (χ2v) is 8.55. The number of nitrogens with zero attached hydrogens (tertiary/aromatic N) is 3. The normalized spacial score (nSPS) is 21.2. The van der Waals surface area contributed by atoms with Gasteiger partial charge in [0.2, 0.25) is 0 Å². The summed E-state index contributed by atoms with van der Waals surface area (Å²) in [5.41, 5.74) is 11.2. The minimum absolute atomic E-state index is 0.168. The molecule has 24 heavy (non-hydrogen) atoms. The highest BCUT2D eigenvalue weighted by Crippen LogP contribution is 2.30.